The fraction of sp³-hybridized carbons (Fsp3) is 0.200. The van der Waals surface area contributed by atoms with Crippen LogP contribution in [0.5, 0.6) is 0 Å². The van der Waals surface area contributed by atoms with Crippen LogP contribution in [-0.4, -0.2) is 25.9 Å². The van der Waals surface area contributed by atoms with E-state index in [9.17, 15) is 18.5 Å². The largest absolute Gasteiger partial charge is 0.383 e. The Bertz CT molecular complexity index is 761. The summed E-state index contributed by atoms with van der Waals surface area (Å²) in [7, 11) is -3.56. The Balaban J connectivity index is 1.92. The Morgan fingerprint density at radius 1 is 1.09 bits per heavy atom. The molecule has 0 heterocycles. The van der Waals surface area contributed by atoms with Gasteiger partial charge in [-0.15, -0.1) is 0 Å². The van der Waals surface area contributed by atoms with Gasteiger partial charge in [-0.3, -0.25) is 10.1 Å². The fourth-order valence-electron chi connectivity index (χ4n) is 1.95. The van der Waals surface area contributed by atoms with Gasteiger partial charge in [0.05, 0.1) is 9.82 Å². The van der Waals surface area contributed by atoms with Gasteiger partial charge in [-0.25, -0.2) is 13.1 Å². The van der Waals surface area contributed by atoms with Crippen LogP contribution >= 0.6 is 0 Å². The van der Waals surface area contributed by atoms with Gasteiger partial charge in [-0.1, -0.05) is 18.2 Å². The first kappa shape index (κ1) is 16.9. The summed E-state index contributed by atoms with van der Waals surface area (Å²) in [6.07, 6.45) is 0. The highest BCUT2D eigenvalue weighted by atomic mass is 32.2. The summed E-state index contributed by atoms with van der Waals surface area (Å²) in [5.41, 5.74) is 0.690. The minimum Gasteiger partial charge on any atom is -0.383 e. The van der Waals surface area contributed by atoms with Crippen molar-refractivity contribution in [3.8, 4) is 0 Å². The van der Waals surface area contributed by atoms with Crippen LogP contribution in [0.1, 0.15) is 6.92 Å². The number of nitro groups is 1. The van der Waals surface area contributed by atoms with E-state index in [1.165, 1.54) is 24.3 Å². The van der Waals surface area contributed by atoms with Crippen molar-refractivity contribution in [2.45, 2.75) is 17.9 Å². The molecule has 7 nitrogen and oxygen atoms in total. The van der Waals surface area contributed by atoms with Crippen molar-refractivity contribution in [1.82, 2.24) is 4.72 Å². The molecule has 23 heavy (non-hydrogen) atoms. The molecule has 0 bridgehead atoms. The van der Waals surface area contributed by atoms with Crippen LogP contribution in [0.25, 0.3) is 0 Å². The molecule has 0 aromatic heterocycles. The second-order valence-electron chi connectivity index (χ2n) is 5.02. The highest BCUT2D eigenvalue weighted by Crippen LogP contribution is 2.15. The Morgan fingerprint density at radius 2 is 1.70 bits per heavy atom. The summed E-state index contributed by atoms with van der Waals surface area (Å²) in [5.74, 6) is 0. The number of hydrogen-bond donors (Lipinski definition) is 2. The molecule has 0 spiro atoms. The number of nitrogens with zero attached hydrogens (tertiary/aromatic N) is 1. The summed E-state index contributed by atoms with van der Waals surface area (Å²) in [6, 6.07) is 13.7. The van der Waals surface area contributed by atoms with Crippen molar-refractivity contribution in [1.29, 1.82) is 0 Å². The van der Waals surface area contributed by atoms with E-state index in [1.54, 1.807) is 37.3 Å². The molecule has 2 aromatic carbocycles. The number of non-ortho nitro benzene ring substituents is 1. The lowest BCUT2D eigenvalue weighted by atomic mass is 10.2. The number of sulfonamides is 1. The molecule has 0 aliphatic heterocycles. The van der Waals surface area contributed by atoms with Gasteiger partial charge >= 0.3 is 0 Å². The van der Waals surface area contributed by atoms with Gasteiger partial charge in [0.1, 0.15) is 0 Å². The van der Waals surface area contributed by atoms with Gasteiger partial charge in [0.2, 0.25) is 10.0 Å². The minimum atomic E-state index is -3.56. The lowest BCUT2D eigenvalue weighted by Gasteiger charge is -2.15. The lowest BCUT2D eigenvalue weighted by molar-refractivity contribution is -0.384. The highest BCUT2D eigenvalue weighted by molar-refractivity contribution is 7.89. The molecule has 1 atom stereocenters. The number of hydrogen-bond acceptors (Lipinski definition) is 5. The van der Waals surface area contributed by atoms with E-state index in [2.05, 4.69) is 10.0 Å². The summed E-state index contributed by atoms with van der Waals surface area (Å²) in [5, 5.41) is 13.6. The predicted octanol–water partition coefficient (Wildman–Crippen LogP) is 2.37. The molecule has 0 fully saturated rings. The van der Waals surface area contributed by atoms with Crippen LogP contribution < -0.4 is 10.0 Å². The Hall–Kier alpha value is -2.45. The number of nitrogens with one attached hydrogen (secondary N) is 2. The van der Waals surface area contributed by atoms with E-state index in [-0.39, 0.29) is 16.6 Å². The van der Waals surface area contributed by atoms with Crippen LogP contribution in [0.4, 0.5) is 11.4 Å². The summed E-state index contributed by atoms with van der Waals surface area (Å²) in [4.78, 5) is 10.3. The third-order valence-corrected chi connectivity index (χ3v) is 4.71. The maximum atomic E-state index is 12.2. The SMILES string of the molecule is C[C@H](CNc1ccc([N+](=O)[O-])cc1)NS(=O)(=O)c1ccccc1. The second-order valence-corrected chi connectivity index (χ2v) is 6.73. The van der Waals surface area contributed by atoms with Gasteiger partial charge in [0, 0.05) is 30.4 Å². The van der Waals surface area contributed by atoms with Crippen molar-refractivity contribution in [2.75, 3.05) is 11.9 Å². The van der Waals surface area contributed by atoms with E-state index in [1.807, 2.05) is 0 Å². The molecule has 0 saturated heterocycles. The molecule has 0 aliphatic carbocycles. The first-order chi connectivity index (χ1) is 10.9. The first-order valence-corrected chi connectivity index (χ1v) is 8.42. The Labute approximate surface area is 134 Å². The molecule has 0 aliphatic rings. The molecule has 0 radical (unpaired) electrons. The smallest absolute Gasteiger partial charge is 0.269 e. The van der Waals surface area contributed by atoms with Crippen molar-refractivity contribution in [2.24, 2.45) is 0 Å². The molecule has 8 heteroatoms. The molecular formula is C15H17N3O4S. The van der Waals surface area contributed by atoms with Gasteiger partial charge in [-0.2, -0.15) is 0 Å². The number of nitro benzene ring substituents is 1. The van der Waals surface area contributed by atoms with Crippen LogP contribution in [0.3, 0.4) is 0 Å². The number of rotatable bonds is 7. The van der Waals surface area contributed by atoms with Crippen LogP contribution in [0.15, 0.2) is 59.5 Å². The zero-order valence-electron chi connectivity index (χ0n) is 12.5. The third-order valence-electron chi connectivity index (χ3n) is 3.10. The molecular weight excluding hydrogens is 318 g/mol. The van der Waals surface area contributed by atoms with Gasteiger partial charge in [-0.05, 0) is 31.2 Å². The van der Waals surface area contributed by atoms with E-state index in [0.717, 1.165) is 0 Å². The number of anilines is 1. The van der Waals surface area contributed by atoms with Crippen molar-refractivity contribution >= 4 is 21.4 Å². The average molecular weight is 335 g/mol. The summed E-state index contributed by atoms with van der Waals surface area (Å²) >= 11 is 0. The zero-order valence-corrected chi connectivity index (χ0v) is 13.3. The van der Waals surface area contributed by atoms with Gasteiger partial charge in [0.25, 0.3) is 5.69 Å². The second kappa shape index (κ2) is 7.21. The van der Waals surface area contributed by atoms with Crippen molar-refractivity contribution in [3.63, 3.8) is 0 Å². The maximum Gasteiger partial charge on any atom is 0.269 e. The molecule has 0 amide bonds. The lowest BCUT2D eigenvalue weighted by Crippen LogP contribution is -2.37. The minimum absolute atomic E-state index is 0.00776. The standard InChI is InChI=1S/C15H17N3O4S/c1-12(17-23(21,22)15-5-3-2-4-6-15)11-16-13-7-9-14(10-8-13)18(19)20/h2-10,12,16-17H,11H2,1H3/t12-/m1/s1. The predicted molar refractivity (Wildman–Crippen MR) is 87.8 cm³/mol. The van der Waals surface area contributed by atoms with E-state index < -0.39 is 14.9 Å². The quantitative estimate of drug-likeness (QED) is 0.597. The molecule has 2 N–H and O–H groups in total. The average Bonchev–Trinajstić information content (AvgIpc) is 2.54. The van der Waals surface area contributed by atoms with Crippen molar-refractivity contribution < 1.29 is 13.3 Å². The van der Waals surface area contributed by atoms with E-state index >= 15 is 0 Å². The molecule has 2 rings (SSSR count). The molecule has 0 unspecified atom stereocenters. The zero-order chi connectivity index (χ0) is 16.9. The number of benzene rings is 2. The van der Waals surface area contributed by atoms with E-state index in [0.29, 0.717) is 12.2 Å². The Kier molecular flexibility index (Phi) is 5.30. The van der Waals surface area contributed by atoms with Gasteiger partial charge < -0.3 is 5.32 Å². The maximum absolute atomic E-state index is 12.2. The fourth-order valence-corrected chi connectivity index (χ4v) is 3.21. The van der Waals surface area contributed by atoms with E-state index in [4.69, 9.17) is 0 Å². The normalized spacial score (nSPS) is 12.6. The monoisotopic (exact) mass is 335 g/mol. The van der Waals surface area contributed by atoms with Crippen LogP contribution in [-0.2, 0) is 10.0 Å². The molecule has 0 saturated carbocycles. The Morgan fingerprint density at radius 3 is 2.26 bits per heavy atom. The summed E-state index contributed by atoms with van der Waals surface area (Å²) < 4.78 is 26.9. The van der Waals surface area contributed by atoms with Gasteiger partial charge in [0.15, 0.2) is 0 Å². The van der Waals surface area contributed by atoms with Crippen LogP contribution in [0.2, 0.25) is 0 Å². The third kappa shape index (κ3) is 4.76. The highest BCUT2D eigenvalue weighted by Gasteiger charge is 2.16. The van der Waals surface area contributed by atoms with Crippen molar-refractivity contribution in [3.05, 3.63) is 64.7 Å². The molecule has 2 aromatic rings. The van der Waals surface area contributed by atoms with Crippen LogP contribution in [0, 0.1) is 10.1 Å². The molecule has 122 valence electrons. The first-order valence-electron chi connectivity index (χ1n) is 6.94. The summed E-state index contributed by atoms with van der Waals surface area (Å²) in [6.45, 7) is 2.09. The topological polar surface area (TPSA) is 101 Å².